The molecule has 2 aromatic carbocycles. The minimum Gasteiger partial charge on any atom is -0.465 e. The zero-order valence-electron chi connectivity index (χ0n) is 20.6. The van der Waals surface area contributed by atoms with Crippen LogP contribution >= 0.6 is 0 Å². The third-order valence-electron chi connectivity index (χ3n) is 6.67. The number of anilines is 1. The van der Waals surface area contributed by atoms with Crippen molar-refractivity contribution in [2.24, 2.45) is 5.41 Å². The molecule has 0 bridgehead atoms. The summed E-state index contributed by atoms with van der Waals surface area (Å²) in [5.41, 5.74) is 8.14. The van der Waals surface area contributed by atoms with Crippen LogP contribution in [0.5, 0.6) is 11.5 Å². The van der Waals surface area contributed by atoms with E-state index in [1.54, 1.807) is 4.90 Å². The highest BCUT2D eigenvalue weighted by Gasteiger charge is 2.44. The van der Waals surface area contributed by atoms with Crippen molar-refractivity contribution in [3.05, 3.63) is 60.9 Å². The van der Waals surface area contributed by atoms with Gasteiger partial charge < -0.3 is 20.5 Å². The third-order valence-corrected chi connectivity index (χ3v) is 6.67. The van der Waals surface area contributed by atoms with Gasteiger partial charge >= 0.3 is 6.09 Å². The first-order valence-corrected chi connectivity index (χ1v) is 12.1. The molecule has 1 fully saturated rings. The molecule has 2 atom stereocenters. The maximum Gasteiger partial charge on any atom is 0.407 e. The Morgan fingerprint density at radius 1 is 1.06 bits per heavy atom. The number of ether oxygens (including phenoxy) is 1. The number of aromatic nitrogens is 4. The summed E-state index contributed by atoms with van der Waals surface area (Å²) >= 11 is 0. The first kappa shape index (κ1) is 23.6. The molecular weight excluding hydrogens is 456 g/mol. The van der Waals surface area contributed by atoms with Gasteiger partial charge in [0.15, 0.2) is 5.65 Å². The van der Waals surface area contributed by atoms with Gasteiger partial charge in [-0.25, -0.2) is 19.4 Å². The van der Waals surface area contributed by atoms with Crippen LogP contribution in [0, 0.1) is 5.41 Å². The monoisotopic (exact) mass is 486 g/mol. The molecule has 3 N–H and O–H groups in total. The number of para-hydroxylation sites is 1. The minimum absolute atomic E-state index is 0.193. The summed E-state index contributed by atoms with van der Waals surface area (Å²) in [4.78, 5) is 22.4. The lowest BCUT2D eigenvalue weighted by atomic mass is 9.77. The van der Waals surface area contributed by atoms with Crippen molar-refractivity contribution in [2.75, 3.05) is 12.3 Å². The van der Waals surface area contributed by atoms with Gasteiger partial charge in [-0.3, -0.25) is 0 Å². The molecule has 5 rings (SSSR count). The van der Waals surface area contributed by atoms with E-state index in [-0.39, 0.29) is 17.5 Å². The number of piperidine rings is 1. The van der Waals surface area contributed by atoms with Gasteiger partial charge in [0.1, 0.15) is 29.3 Å². The molecule has 4 aromatic rings. The SMILES string of the molecule is CC(C)(C)C1C(n2nc(-c3ccc(Oc4ccccc4)cc3)c3c(N)ncnc32)CCCN1C(=O)O. The van der Waals surface area contributed by atoms with Gasteiger partial charge in [-0.2, -0.15) is 5.10 Å². The van der Waals surface area contributed by atoms with E-state index >= 15 is 0 Å². The van der Waals surface area contributed by atoms with Gasteiger partial charge in [-0.05, 0) is 54.7 Å². The van der Waals surface area contributed by atoms with Gasteiger partial charge in [0.25, 0.3) is 0 Å². The Morgan fingerprint density at radius 2 is 1.75 bits per heavy atom. The summed E-state index contributed by atoms with van der Waals surface area (Å²) in [6, 6.07) is 16.8. The highest BCUT2D eigenvalue weighted by Crippen LogP contribution is 2.41. The number of amides is 1. The van der Waals surface area contributed by atoms with Crippen molar-refractivity contribution in [1.82, 2.24) is 24.6 Å². The Labute approximate surface area is 209 Å². The zero-order chi connectivity index (χ0) is 25.4. The Kier molecular flexibility index (Phi) is 5.99. The summed E-state index contributed by atoms with van der Waals surface area (Å²) in [6.45, 7) is 6.69. The third kappa shape index (κ3) is 4.32. The maximum absolute atomic E-state index is 12.1. The van der Waals surface area contributed by atoms with Crippen LogP contribution in [0.15, 0.2) is 60.9 Å². The highest BCUT2D eigenvalue weighted by molar-refractivity contribution is 5.98. The van der Waals surface area contributed by atoms with Crippen LogP contribution in [0.2, 0.25) is 0 Å². The number of fused-ring (bicyclic) bond motifs is 1. The largest absolute Gasteiger partial charge is 0.465 e. The molecular formula is C27H30N6O3. The molecule has 9 nitrogen and oxygen atoms in total. The summed E-state index contributed by atoms with van der Waals surface area (Å²) in [7, 11) is 0. The molecule has 1 aliphatic heterocycles. The zero-order valence-corrected chi connectivity index (χ0v) is 20.6. The van der Waals surface area contributed by atoms with Gasteiger partial charge in [-0.15, -0.1) is 0 Å². The number of benzene rings is 2. The van der Waals surface area contributed by atoms with E-state index in [0.717, 1.165) is 24.2 Å². The molecule has 3 heterocycles. The minimum atomic E-state index is -0.917. The molecule has 1 saturated heterocycles. The van der Waals surface area contributed by atoms with Crippen LogP contribution in [0.4, 0.5) is 10.6 Å². The molecule has 2 aromatic heterocycles. The number of likely N-dealkylation sites (tertiary alicyclic amines) is 1. The summed E-state index contributed by atoms with van der Waals surface area (Å²) in [6.07, 6.45) is 2.04. The summed E-state index contributed by atoms with van der Waals surface area (Å²) < 4.78 is 7.79. The second-order valence-electron chi connectivity index (χ2n) is 10.2. The first-order valence-electron chi connectivity index (χ1n) is 12.1. The van der Waals surface area contributed by atoms with Gasteiger partial charge in [0.2, 0.25) is 0 Å². The first-order chi connectivity index (χ1) is 17.2. The number of nitrogen functional groups attached to an aromatic ring is 1. The van der Waals surface area contributed by atoms with Crippen LogP contribution in [0.3, 0.4) is 0 Å². The summed E-state index contributed by atoms with van der Waals surface area (Å²) in [5.74, 6) is 1.80. The van der Waals surface area contributed by atoms with E-state index in [4.69, 9.17) is 15.6 Å². The molecule has 36 heavy (non-hydrogen) atoms. The summed E-state index contributed by atoms with van der Waals surface area (Å²) in [5, 5.41) is 15.6. The molecule has 2 unspecified atom stereocenters. The average molecular weight is 487 g/mol. The lowest BCUT2D eigenvalue weighted by Crippen LogP contribution is -2.54. The Hall–Kier alpha value is -4.14. The van der Waals surface area contributed by atoms with E-state index < -0.39 is 6.09 Å². The van der Waals surface area contributed by atoms with E-state index in [1.807, 2.05) is 59.3 Å². The number of carboxylic acid groups (broad SMARTS) is 1. The van der Waals surface area contributed by atoms with E-state index in [2.05, 4.69) is 30.7 Å². The topological polar surface area (TPSA) is 119 Å². The van der Waals surface area contributed by atoms with Crippen molar-refractivity contribution in [3.63, 3.8) is 0 Å². The fourth-order valence-corrected chi connectivity index (χ4v) is 5.22. The van der Waals surface area contributed by atoms with Gasteiger partial charge in [-0.1, -0.05) is 39.0 Å². The van der Waals surface area contributed by atoms with Crippen molar-refractivity contribution in [3.8, 4) is 22.8 Å². The van der Waals surface area contributed by atoms with Crippen LogP contribution in [0.25, 0.3) is 22.3 Å². The molecule has 9 heteroatoms. The van der Waals surface area contributed by atoms with Crippen LogP contribution < -0.4 is 10.5 Å². The Morgan fingerprint density at radius 3 is 2.42 bits per heavy atom. The lowest BCUT2D eigenvalue weighted by molar-refractivity contribution is 0.0249. The normalized spacial score (nSPS) is 18.4. The number of hydrogen-bond donors (Lipinski definition) is 2. The molecule has 1 amide bonds. The molecule has 0 aliphatic carbocycles. The van der Waals surface area contributed by atoms with Crippen molar-refractivity contribution in [2.45, 2.75) is 45.7 Å². The second-order valence-corrected chi connectivity index (χ2v) is 10.2. The van der Waals surface area contributed by atoms with E-state index in [0.29, 0.717) is 34.8 Å². The van der Waals surface area contributed by atoms with Crippen molar-refractivity contribution < 1.29 is 14.6 Å². The molecule has 1 aliphatic rings. The molecule has 0 radical (unpaired) electrons. The molecule has 186 valence electrons. The molecule has 0 spiro atoms. The predicted octanol–water partition coefficient (Wildman–Crippen LogP) is 5.60. The smallest absolute Gasteiger partial charge is 0.407 e. The number of carbonyl (C=O) groups is 1. The quantitative estimate of drug-likeness (QED) is 0.385. The van der Waals surface area contributed by atoms with Gasteiger partial charge in [0.05, 0.1) is 17.5 Å². The number of rotatable bonds is 4. The maximum atomic E-state index is 12.1. The van der Waals surface area contributed by atoms with Gasteiger partial charge in [0, 0.05) is 12.1 Å². The van der Waals surface area contributed by atoms with E-state index in [1.165, 1.54) is 6.33 Å². The fraction of sp³-hybridized carbons (Fsp3) is 0.333. The van der Waals surface area contributed by atoms with Crippen LogP contribution in [0.1, 0.15) is 39.7 Å². The standard InChI is InChI=1S/C27H30N6O3/c1-27(2,3)23-20(10-7-15-32(23)26(34)35)33-25-21(24(28)29-16-30-25)22(31-33)17-11-13-19(14-12-17)36-18-8-5-4-6-9-18/h4-6,8-9,11-14,16,20,23H,7,10,15H2,1-3H3,(H,34,35)(H2,28,29,30). The number of nitrogens with zero attached hydrogens (tertiary/aromatic N) is 5. The highest BCUT2D eigenvalue weighted by atomic mass is 16.5. The van der Waals surface area contributed by atoms with Crippen molar-refractivity contribution in [1.29, 1.82) is 0 Å². The number of nitrogens with two attached hydrogens (primary N) is 1. The number of hydrogen-bond acceptors (Lipinski definition) is 6. The fourth-order valence-electron chi connectivity index (χ4n) is 5.22. The van der Waals surface area contributed by atoms with Crippen molar-refractivity contribution >= 4 is 22.9 Å². The molecule has 0 saturated carbocycles. The Balaban J connectivity index is 1.58. The van der Waals surface area contributed by atoms with Crippen LogP contribution in [-0.2, 0) is 0 Å². The lowest BCUT2D eigenvalue weighted by Gasteiger charge is -2.46. The predicted molar refractivity (Wildman–Crippen MR) is 138 cm³/mol. The second kappa shape index (κ2) is 9.14. The Bertz CT molecular complexity index is 1380. The van der Waals surface area contributed by atoms with Crippen LogP contribution in [-0.4, -0.2) is 48.4 Å². The van der Waals surface area contributed by atoms with E-state index in [9.17, 15) is 9.90 Å². The average Bonchev–Trinajstić information content (AvgIpc) is 3.25.